The van der Waals surface area contributed by atoms with Gasteiger partial charge in [0, 0.05) is 42.9 Å². The highest BCUT2D eigenvalue weighted by Crippen LogP contribution is 2.38. The molecule has 5 rings (SSSR count). The number of nitrogens with zero attached hydrogens (tertiary/aromatic N) is 2. The van der Waals surface area contributed by atoms with Gasteiger partial charge in [-0.1, -0.05) is 0 Å². The minimum atomic E-state index is -3.38. The molecule has 0 aromatic heterocycles. The Morgan fingerprint density at radius 2 is 1.88 bits per heavy atom. The molecule has 3 atom stereocenters. The predicted molar refractivity (Wildman–Crippen MR) is 126 cm³/mol. The molecule has 3 N–H and O–H groups in total. The maximum Gasteiger partial charge on any atom is 0.277 e. The fourth-order valence-electron chi connectivity index (χ4n) is 4.74. The zero-order chi connectivity index (χ0) is 23.0. The predicted octanol–water partition coefficient (Wildman–Crippen LogP) is 0.896. The first-order valence-electron chi connectivity index (χ1n) is 11.1. The lowest BCUT2D eigenvalue weighted by Gasteiger charge is -2.34. The van der Waals surface area contributed by atoms with Gasteiger partial charge in [0.05, 0.1) is 30.6 Å². The van der Waals surface area contributed by atoms with E-state index in [9.17, 15) is 8.42 Å². The molecule has 1 aromatic rings. The summed E-state index contributed by atoms with van der Waals surface area (Å²) in [5.74, 6) is 1.75. The molecule has 0 radical (unpaired) electrons. The Kier molecular flexibility index (Phi) is 6.00. The zero-order valence-corrected chi connectivity index (χ0v) is 19.6. The highest BCUT2D eigenvalue weighted by atomic mass is 32.2. The van der Waals surface area contributed by atoms with E-state index in [-0.39, 0.29) is 18.0 Å². The maximum absolute atomic E-state index is 11.9. The molecule has 0 spiro atoms. The van der Waals surface area contributed by atoms with Crippen molar-refractivity contribution in [3.05, 3.63) is 65.2 Å². The fraction of sp³-hybridized carbons (Fsp3) is 0.435. The number of hydrogen-bond donors (Lipinski definition) is 3. The lowest BCUT2D eigenvalue weighted by atomic mass is 9.88. The Morgan fingerprint density at radius 1 is 1.15 bits per heavy atom. The van der Waals surface area contributed by atoms with Crippen molar-refractivity contribution in [3.8, 4) is 5.75 Å². The molecule has 2 fully saturated rings. The Hall–Kier alpha value is -2.66. The summed E-state index contributed by atoms with van der Waals surface area (Å²) in [6, 6.07) is 7.70. The van der Waals surface area contributed by atoms with Crippen LogP contribution in [0.5, 0.6) is 5.75 Å². The first-order valence-corrected chi connectivity index (χ1v) is 12.6. The summed E-state index contributed by atoms with van der Waals surface area (Å²) in [6.07, 6.45) is 7.01. The van der Waals surface area contributed by atoms with E-state index in [4.69, 9.17) is 14.5 Å². The molecule has 10 heteroatoms. The van der Waals surface area contributed by atoms with Gasteiger partial charge in [0.25, 0.3) is 10.2 Å². The van der Waals surface area contributed by atoms with Gasteiger partial charge in [-0.3, -0.25) is 4.99 Å². The fourth-order valence-corrected chi connectivity index (χ4v) is 6.08. The van der Waals surface area contributed by atoms with Gasteiger partial charge in [-0.2, -0.15) is 17.9 Å². The van der Waals surface area contributed by atoms with E-state index >= 15 is 0 Å². The Bertz CT molecular complexity index is 1120. The topological polar surface area (TPSA) is 104 Å². The van der Waals surface area contributed by atoms with Crippen LogP contribution in [0, 0.1) is 5.92 Å². The first-order chi connectivity index (χ1) is 16.0. The van der Waals surface area contributed by atoms with Crippen molar-refractivity contribution in [3.63, 3.8) is 0 Å². The molecule has 1 aliphatic carbocycles. The maximum atomic E-state index is 11.9. The van der Waals surface area contributed by atoms with Gasteiger partial charge >= 0.3 is 0 Å². The first kappa shape index (κ1) is 22.1. The smallest absolute Gasteiger partial charge is 0.277 e. The minimum Gasteiger partial charge on any atom is -0.497 e. The van der Waals surface area contributed by atoms with E-state index in [1.807, 2.05) is 37.4 Å². The number of methoxy groups -OCH3 is 1. The molecule has 0 saturated carbocycles. The molecule has 0 amide bonds. The largest absolute Gasteiger partial charge is 0.497 e. The van der Waals surface area contributed by atoms with Gasteiger partial charge < -0.3 is 19.7 Å². The Labute approximate surface area is 194 Å². The number of likely N-dealkylation sites (N-methyl/N-ethyl adjacent to an activating group) is 1. The highest BCUT2D eigenvalue weighted by molar-refractivity contribution is 7.87. The van der Waals surface area contributed by atoms with Gasteiger partial charge in [0.1, 0.15) is 18.1 Å². The van der Waals surface area contributed by atoms with Crippen molar-refractivity contribution in [2.75, 3.05) is 40.4 Å². The molecule has 3 heterocycles. The van der Waals surface area contributed by atoms with Gasteiger partial charge in [0.15, 0.2) is 0 Å². The van der Waals surface area contributed by atoms with Crippen LogP contribution in [0.15, 0.2) is 64.6 Å². The van der Waals surface area contributed by atoms with E-state index in [1.54, 1.807) is 7.11 Å². The molecule has 2 saturated heterocycles. The summed E-state index contributed by atoms with van der Waals surface area (Å²) in [5.41, 5.74) is 3.99. The van der Waals surface area contributed by atoms with E-state index in [2.05, 4.69) is 31.8 Å². The summed E-state index contributed by atoms with van der Waals surface area (Å²) >= 11 is 0. The second-order valence-electron chi connectivity index (χ2n) is 8.57. The van der Waals surface area contributed by atoms with Crippen LogP contribution in [0.25, 0.3) is 0 Å². The number of fused-ring (bicyclic) bond motifs is 2. The zero-order valence-electron chi connectivity index (χ0n) is 18.7. The van der Waals surface area contributed by atoms with E-state index < -0.39 is 10.2 Å². The van der Waals surface area contributed by atoms with E-state index in [0.717, 1.165) is 47.1 Å². The van der Waals surface area contributed by atoms with Gasteiger partial charge in [-0.05, 0) is 49.9 Å². The van der Waals surface area contributed by atoms with E-state index in [1.165, 1.54) is 0 Å². The summed E-state index contributed by atoms with van der Waals surface area (Å²) in [5, 5.41) is 3.07. The van der Waals surface area contributed by atoms with Gasteiger partial charge in [-0.15, -0.1) is 0 Å². The number of dihydropyridines is 1. The van der Waals surface area contributed by atoms with Crippen LogP contribution in [-0.2, 0) is 14.9 Å². The molecule has 33 heavy (non-hydrogen) atoms. The highest BCUT2D eigenvalue weighted by Gasteiger charge is 2.45. The number of benzene rings is 1. The lowest BCUT2D eigenvalue weighted by molar-refractivity contribution is 0.297. The average Bonchev–Trinajstić information content (AvgIpc) is 3.32. The Balaban J connectivity index is 1.42. The number of allylic oxidation sites excluding steroid dienone is 3. The van der Waals surface area contributed by atoms with Crippen LogP contribution in [0.2, 0.25) is 0 Å². The third-order valence-electron chi connectivity index (χ3n) is 6.40. The number of ether oxygens (including phenoxy) is 2. The van der Waals surface area contributed by atoms with Crippen LogP contribution < -0.4 is 19.5 Å². The van der Waals surface area contributed by atoms with Crippen molar-refractivity contribution in [2.45, 2.75) is 18.5 Å². The molecular formula is C23H29N5O4S. The van der Waals surface area contributed by atoms with Gasteiger partial charge in [0.2, 0.25) is 0 Å². The number of nitrogens with one attached hydrogen (secondary N) is 3. The van der Waals surface area contributed by atoms with Crippen LogP contribution in [-0.4, -0.2) is 71.5 Å². The standard InChI is InChI=1S/C23H29N5O4S/c1-24-9-10-32-16-5-3-15(4-6-16)19-12-23(18-8-7-17(31-2)11-20(18)25-19)28-13-21-22(14-28)27-33(29,30)26-21/h3-7,11-12,18,21-22,24,26-27H,8-10,13-14H2,1-2H3. The van der Waals surface area contributed by atoms with Crippen molar-refractivity contribution >= 4 is 15.9 Å². The van der Waals surface area contributed by atoms with Gasteiger partial charge in [-0.25, -0.2) is 0 Å². The molecule has 3 aliphatic heterocycles. The molecule has 4 aliphatic rings. The minimum absolute atomic E-state index is 0.118. The molecular weight excluding hydrogens is 442 g/mol. The molecule has 176 valence electrons. The average molecular weight is 472 g/mol. The van der Waals surface area contributed by atoms with E-state index in [0.29, 0.717) is 19.7 Å². The quantitative estimate of drug-likeness (QED) is 0.511. The number of hydrogen-bond acceptors (Lipinski definition) is 7. The molecule has 3 unspecified atom stereocenters. The summed E-state index contributed by atoms with van der Waals surface area (Å²) in [7, 11) is 0.180. The Morgan fingerprint density at radius 3 is 2.55 bits per heavy atom. The second-order valence-corrected chi connectivity index (χ2v) is 10.0. The third-order valence-corrected chi connectivity index (χ3v) is 7.62. The van der Waals surface area contributed by atoms with Crippen molar-refractivity contribution in [2.24, 2.45) is 10.9 Å². The third kappa shape index (κ3) is 4.56. The monoisotopic (exact) mass is 471 g/mol. The summed E-state index contributed by atoms with van der Waals surface area (Å²) in [6.45, 7) is 2.64. The second kappa shape index (κ2) is 8.94. The van der Waals surface area contributed by atoms with Crippen LogP contribution in [0.4, 0.5) is 0 Å². The normalized spacial score (nSPS) is 27.7. The molecule has 0 bridgehead atoms. The van der Waals surface area contributed by atoms with Crippen molar-refractivity contribution < 1.29 is 17.9 Å². The summed E-state index contributed by atoms with van der Waals surface area (Å²) in [4.78, 5) is 7.25. The SMILES string of the molecule is CNCCOc1ccc(C2=NC3=CC(OC)=CCC3C(N3CC4NS(=O)(=O)NC4C3)=C2)cc1. The van der Waals surface area contributed by atoms with Crippen molar-refractivity contribution in [1.29, 1.82) is 0 Å². The van der Waals surface area contributed by atoms with Crippen LogP contribution >= 0.6 is 0 Å². The number of aliphatic imine (C=N–C) groups is 1. The number of rotatable bonds is 7. The number of likely N-dealkylation sites (tertiary alicyclic amines) is 1. The van der Waals surface area contributed by atoms with Crippen molar-refractivity contribution in [1.82, 2.24) is 19.7 Å². The summed E-state index contributed by atoms with van der Waals surface area (Å²) < 4.78 is 40.3. The van der Waals surface area contributed by atoms with Crippen LogP contribution in [0.1, 0.15) is 12.0 Å². The van der Waals surface area contributed by atoms with Crippen LogP contribution in [0.3, 0.4) is 0 Å². The lowest BCUT2D eigenvalue weighted by Crippen LogP contribution is -2.37. The molecule has 1 aromatic carbocycles. The molecule has 9 nitrogen and oxygen atoms in total.